The number of nitrogens with one attached hydrogen (secondary N) is 2. The molecule has 2 atom stereocenters. The predicted octanol–water partition coefficient (Wildman–Crippen LogP) is 2.98. The third-order valence-electron chi connectivity index (χ3n) is 5.92. The van der Waals surface area contributed by atoms with Crippen LogP contribution in [0, 0.1) is 19.8 Å². The zero-order valence-corrected chi connectivity index (χ0v) is 18.0. The molecule has 3 rings (SSSR count). The summed E-state index contributed by atoms with van der Waals surface area (Å²) in [6.07, 6.45) is 3.35. The Labute approximate surface area is 174 Å². The number of hydrogen-bond acceptors (Lipinski definition) is 6. The minimum absolute atomic E-state index is 0.0266. The number of carbonyl (C=O) groups is 4. The molecule has 2 N–H and O–H groups in total. The van der Waals surface area contributed by atoms with Crippen molar-refractivity contribution in [2.24, 2.45) is 5.92 Å². The van der Waals surface area contributed by atoms with Crippen molar-refractivity contribution in [3.63, 3.8) is 0 Å². The normalized spacial score (nSPS) is 24.0. The van der Waals surface area contributed by atoms with E-state index in [1.807, 2.05) is 13.8 Å². The van der Waals surface area contributed by atoms with Gasteiger partial charge in [0.25, 0.3) is 5.91 Å². The Balaban J connectivity index is 1.75. The summed E-state index contributed by atoms with van der Waals surface area (Å²) in [5, 5.41) is 5.89. The topological polar surface area (TPSA) is 105 Å². The van der Waals surface area contributed by atoms with Crippen LogP contribution in [0.15, 0.2) is 0 Å². The number of ether oxygens (including phenoxy) is 1. The van der Waals surface area contributed by atoms with Crippen LogP contribution in [0.5, 0.6) is 0 Å². The number of amides is 4. The van der Waals surface area contributed by atoms with Crippen LogP contribution >= 0.6 is 11.3 Å². The molecule has 29 heavy (non-hydrogen) atoms. The Morgan fingerprint density at radius 3 is 2.69 bits per heavy atom. The second-order valence-corrected chi connectivity index (χ2v) is 8.92. The van der Waals surface area contributed by atoms with Gasteiger partial charge in [0.05, 0.1) is 12.2 Å². The van der Waals surface area contributed by atoms with Crippen molar-refractivity contribution in [1.82, 2.24) is 10.2 Å². The minimum atomic E-state index is -0.901. The third kappa shape index (κ3) is 3.75. The molecule has 8 nitrogen and oxygen atoms in total. The van der Waals surface area contributed by atoms with Gasteiger partial charge in [-0.3, -0.25) is 14.5 Å². The second-order valence-electron chi connectivity index (χ2n) is 7.70. The summed E-state index contributed by atoms with van der Waals surface area (Å²) >= 11 is 1.27. The van der Waals surface area contributed by atoms with E-state index >= 15 is 0 Å². The second kappa shape index (κ2) is 8.14. The molecule has 158 valence electrons. The highest BCUT2D eigenvalue weighted by Crippen LogP contribution is 2.38. The van der Waals surface area contributed by atoms with E-state index in [0.29, 0.717) is 17.0 Å². The van der Waals surface area contributed by atoms with E-state index in [1.165, 1.54) is 11.3 Å². The van der Waals surface area contributed by atoms with Crippen LogP contribution in [-0.4, -0.2) is 47.4 Å². The number of nitrogens with zero attached hydrogens (tertiary/aromatic N) is 1. The number of rotatable bonds is 5. The van der Waals surface area contributed by atoms with Gasteiger partial charge in [-0.05, 0) is 45.1 Å². The highest BCUT2D eigenvalue weighted by Gasteiger charge is 2.55. The standard InChI is InChI=1S/C20H27N3O5S/c1-5-28-17(25)15-12(3)13(4)29-16(15)21-14(24)10-23-18(26)20(22-19(23)27)9-7-6-8-11(20)2/h11H,5-10H2,1-4H3,(H,21,24)(H,22,27)/t11-,20+/m1/s1. The molecule has 0 aromatic carbocycles. The molecule has 1 saturated carbocycles. The Hall–Kier alpha value is -2.42. The lowest BCUT2D eigenvalue weighted by Gasteiger charge is -2.36. The van der Waals surface area contributed by atoms with E-state index in [4.69, 9.17) is 4.74 Å². The zero-order valence-electron chi connectivity index (χ0n) is 17.2. The number of anilines is 1. The Morgan fingerprint density at radius 1 is 1.31 bits per heavy atom. The van der Waals surface area contributed by atoms with Gasteiger partial charge in [0.15, 0.2) is 0 Å². The Kier molecular flexibility index (Phi) is 5.97. The summed E-state index contributed by atoms with van der Waals surface area (Å²) in [5.74, 6) is -1.34. The zero-order chi connectivity index (χ0) is 21.3. The van der Waals surface area contributed by atoms with Crippen LogP contribution in [-0.2, 0) is 14.3 Å². The fourth-order valence-corrected chi connectivity index (χ4v) is 5.18. The highest BCUT2D eigenvalue weighted by molar-refractivity contribution is 7.16. The van der Waals surface area contributed by atoms with Gasteiger partial charge in [-0.15, -0.1) is 11.3 Å². The highest BCUT2D eigenvalue weighted by atomic mass is 32.1. The molecule has 1 aromatic heterocycles. The van der Waals surface area contributed by atoms with E-state index in [-0.39, 0.29) is 18.4 Å². The fourth-order valence-electron chi connectivity index (χ4n) is 4.11. The number of imide groups is 1. The maximum atomic E-state index is 13.0. The summed E-state index contributed by atoms with van der Waals surface area (Å²) in [6, 6.07) is -0.539. The smallest absolute Gasteiger partial charge is 0.341 e. The van der Waals surface area contributed by atoms with Gasteiger partial charge >= 0.3 is 12.0 Å². The van der Waals surface area contributed by atoms with Gasteiger partial charge < -0.3 is 15.4 Å². The lowest BCUT2D eigenvalue weighted by molar-refractivity contribution is -0.136. The van der Waals surface area contributed by atoms with E-state index in [2.05, 4.69) is 10.6 Å². The number of carbonyl (C=O) groups excluding carboxylic acids is 4. The molecule has 0 radical (unpaired) electrons. The third-order valence-corrected chi connectivity index (χ3v) is 7.04. The molecule has 2 heterocycles. The number of esters is 1. The van der Waals surface area contributed by atoms with Crippen LogP contribution in [0.4, 0.5) is 9.80 Å². The first-order chi connectivity index (χ1) is 13.7. The van der Waals surface area contributed by atoms with E-state index in [1.54, 1.807) is 13.8 Å². The predicted molar refractivity (Wildman–Crippen MR) is 109 cm³/mol. The first-order valence-corrected chi connectivity index (χ1v) is 10.7. The fraction of sp³-hybridized carbons (Fsp3) is 0.600. The van der Waals surface area contributed by atoms with Gasteiger partial charge in [-0.2, -0.15) is 0 Å². The van der Waals surface area contributed by atoms with Crippen molar-refractivity contribution in [3.8, 4) is 0 Å². The molecule has 4 amide bonds. The van der Waals surface area contributed by atoms with Crippen LogP contribution in [0.3, 0.4) is 0 Å². The van der Waals surface area contributed by atoms with Crippen molar-refractivity contribution >= 4 is 40.2 Å². The molecule has 1 aliphatic carbocycles. The van der Waals surface area contributed by atoms with E-state index in [0.717, 1.165) is 34.6 Å². The van der Waals surface area contributed by atoms with Crippen LogP contribution in [0.1, 0.15) is 60.3 Å². The van der Waals surface area contributed by atoms with Crippen molar-refractivity contribution in [2.45, 2.75) is 58.9 Å². The average Bonchev–Trinajstić information content (AvgIpc) is 3.06. The van der Waals surface area contributed by atoms with Gasteiger partial charge in [-0.1, -0.05) is 19.8 Å². The maximum absolute atomic E-state index is 13.0. The molecule has 1 aliphatic heterocycles. The van der Waals surface area contributed by atoms with Gasteiger partial charge in [0, 0.05) is 4.88 Å². The molecule has 2 aliphatic rings. The van der Waals surface area contributed by atoms with Crippen LogP contribution in [0.2, 0.25) is 0 Å². The number of thiophene rings is 1. The summed E-state index contributed by atoms with van der Waals surface area (Å²) in [7, 11) is 0. The molecule has 9 heteroatoms. The van der Waals surface area contributed by atoms with Gasteiger partial charge in [0.2, 0.25) is 5.91 Å². The SMILES string of the molecule is CCOC(=O)c1c(NC(=O)CN2C(=O)N[C@]3(CCCC[C@H]3C)C2=O)sc(C)c1C. The van der Waals surface area contributed by atoms with Crippen molar-refractivity contribution in [3.05, 3.63) is 16.0 Å². The van der Waals surface area contributed by atoms with Gasteiger partial charge in [-0.25, -0.2) is 9.59 Å². The summed E-state index contributed by atoms with van der Waals surface area (Å²) in [4.78, 5) is 52.2. The van der Waals surface area contributed by atoms with E-state index in [9.17, 15) is 19.2 Å². The van der Waals surface area contributed by atoms with Crippen molar-refractivity contribution in [2.75, 3.05) is 18.5 Å². The number of hydrogen-bond donors (Lipinski definition) is 2. The summed E-state index contributed by atoms with van der Waals surface area (Å²) in [5.41, 5.74) is 0.160. The largest absolute Gasteiger partial charge is 0.462 e. The molecule has 0 unspecified atom stereocenters. The summed E-state index contributed by atoms with van der Waals surface area (Å²) in [6.45, 7) is 7.15. The van der Waals surface area contributed by atoms with Crippen molar-refractivity contribution < 1.29 is 23.9 Å². The minimum Gasteiger partial charge on any atom is -0.462 e. The molecule has 2 fully saturated rings. The molecule has 0 bridgehead atoms. The number of urea groups is 1. The van der Waals surface area contributed by atoms with Crippen LogP contribution < -0.4 is 10.6 Å². The first kappa shape index (κ1) is 21.3. The molecular formula is C20H27N3O5S. The van der Waals surface area contributed by atoms with Crippen LogP contribution in [0.25, 0.3) is 0 Å². The molecule has 1 aromatic rings. The van der Waals surface area contributed by atoms with E-state index < -0.39 is 30.0 Å². The monoisotopic (exact) mass is 421 g/mol. The molecular weight excluding hydrogens is 394 g/mol. The lowest BCUT2D eigenvalue weighted by Crippen LogP contribution is -2.54. The summed E-state index contributed by atoms with van der Waals surface area (Å²) < 4.78 is 5.09. The lowest BCUT2D eigenvalue weighted by atomic mass is 9.73. The molecule has 1 spiro atoms. The quantitative estimate of drug-likeness (QED) is 0.562. The first-order valence-electron chi connectivity index (χ1n) is 9.92. The molecule has 1 saturated heterocycles. The maximum Gasteiger partial charge on any atom is 0.341 e. The Bertz CT molecular complexity index is 865. The number of aryl methyl sites for hydroxylation is 1. The van der Waals surface area contributed by atoms with Gasteiger partial charge in [0.1, 0.15) is 17.1 Å². The van der Waals surface area contributed by atoms with Crippen molar-refractivity contribution in [1.29, 1.82) is 0 Å². The average molecular weight is 422 g/mol. The Morgan fingerprint density at radius 2 is 2.03 bits per heavy atom.